The maximum atomic E-state index is 5.62. The van der Waals surface area contributed by atoms with Crippen molar-refractivity contribution in [1.29, 1.82) is 0 Å². The predicted molar refractivity (Wildman–Crippen MR) is 72.0 cm³/mol. The van der Waals surface area contributed by atoms with Crippen LogP contribution in [0.15, 0.2) is 24.8 Å². The first kappa shape index (κ1) is 13.5. The molecule has 2 aromatic rings. The first-order chi connectivity index (χ1) is 9.31. The maximum absolute atomic E-state index is 5.62. The van der Waals surface area contributed by atoms with Crippen LogP contribution in [0, 0.1) is 0 Å². The summed E-state index contributed by atoms with van der Waals surface area (Å²) in [7, 11) is 0. The number of ether oxygens (including phenoxy) is 1. The Morgan fingerprint density at radius 3 is 2.89 bits per heavy atom. The van der Waals surface area contributed by atoms with Gasteiger partial charge in [0.25, 0.3) is 0 Å². The Labute approximate surface area is 112 Å². The van der Waals surface area contributed by atoms with Crippen molar-refractivity contribution in [2.75, 3.05) is 6.54 Å². The fourth-order valence-electron chi connectivity index (χ4n) is 1.60. The summed E-state index contributed by atoms with van der Waals surface area (Å²) in [6.45, 7) is 6.64. The molecule has 0 aliphatic carbocycles. The Kier molecular flexibility index (Phi) is 4.85. The van der Waals surface area contributed by atoms with Gasteiger partial charge in [-0.25, -0.2) is 4.98 Å². The largest absolute Gasteiger partial charge is 0.434 e. The van der Waals surface area contributed by atoms with Crippen LogP contribution < -0.4 is 10.1 Å². The van der Waals surface area contributed by atoms with Crippen molar-refractivity contribution in [1.82, 2.24) is 25.1 Å². The smallest absolute Gasteiger partial charge is 0.238 e. The standard InChI is InChI=1S/C13H19N5O/c1-3-5-14-6-11-7-15-9-13(17-11)19-12-8-16-18(4-2)10-12/h7-10,14H,3-6H2,1-2H3. The molecule has 0 amide bonds. The predicted octanol–water partition coefficient (Wildman–Crippen LogP) is 1.98. The highest BCUT2D eigenvalue weighted by atomic mass is 16.5. The van der Waals surface area contributed by atoms with Crippen LogP contribution in [0.1, 0.15) is 26.0 Å². The Balaban J connectivity index is 1.98. The third-order valence-corrected chi connectivity index (χ3v) is 2.55. The van der Waals surface area contributed by atoms with Gasteiger partial charge in [-0.15, -0.1) is 0 Å². The maximum Gasteiger partial charge on any atom is 0.238 e. The minimum absolute atomic E-state index is 0.492. The average molecular weight is 261 g/mol. The van der Waals surface area contributed by atoms with Gasteiger partial charge in [0, 0.05) is 19.3 Å². The highest BCUT2D eigenvalue weighted by Crippen LogP contribution is 2.17. The summed E-state index contributed by atoms with van der Waals surface area (Å²) in [4.78, 5) is 8.52. The highest BCUT2D eigenvalue weighted by molar-refractivity contribution is 5.20. The molecule has 6 nitrogen and oxygen atoms in total. The number of aryl methyl sites for hydroxylation is 1. The summed E-state index contributed by atoms with van der Waals surface area (Å²) in [6, 6.07) is 0. The molecule has 0 spiro atoms. The molecular formula is C13H19N5O. The topological polar surface area (TPSA) is 64.9 Å². The number of nitrogens with one attached hydrogen (secondary N) is 1. The summed E-state index contributed by atoms with van der Waals surface area (Å²) in [6.07, 6.45) is 7.95. The quantitative estimate of drug-likeness (QED) is 0.772. The lowest BCUT2D eigenvalue weighted by Crippen LogP contribution is -2.15. The van der Waals surface area contributed by atoms with Crippen LogP contribution in [0.3, 0.4) is 0 Å². The minimum Gasteiger partial charge on any atom is -0.434 e. The Morgan fingerprint density at radius 2 is 2.16 bits per heavy atom. The lowest BCUT2D eigenvalue weighted by atomic mass is 10.4. The first-order valence-corrected chi connectivity index (χ1v) is 6.53. The van der Waals surface area contributed by atoms with Crippen LogP contribution in [0.5, 0.6) is 11.6 Å². The summed E-state index contributed by atoms with van der Waals surface area (Å²) in [5.41, 5.74) is 0.869. The van der Waals surface area contributed by atoms with E-state index in [9.17, 15) is 0 Å². The second-order valence-electron chi connectivity index (χ2n) is 4.16. The number of hydrogen-bond donors (Lipinski definition) is 1. The molecule has 2 rings (SSSR count). The van der Waals surface area contributed by atoms with Crippen LogP contribution in [-0.2, 0) is 13.1 Å². The molecule has 0 aliphatic heterocycles. The molecule has 0 bridgehead atoms. The lowest BCUT2D eigenvalue weighted by molar-refractivity contribution is 0.455. The van der Waals surface area contributed by atoms with Gasteiger partial charge in [0.15, 0.2) is 5.75 Å². The van der Waals surface area contributed by atoms with E-state index in [0.29, 0.717) is 18.2 Å². The van der Waals surface area contributed by atoms with Gasteiger partial charge in [-0.1, -0.05) is 6.92 Å². The van der Waals surface area contributed by atoms with Gasteiger partial charge in [0.05, 0.1) is 24.3 Å². The molecule has 1 N–H and O–H groups in total. The zero-order valence-electron chi connectivity index (χ0n) is 11.3. The zero-order valence-corrected chi connectivity index (χ0v) is 11.3. The van der Waals surface area contributed by atoms with Gasteiger partial charge in [0.1, 0.15) is 0 Å². The van der Waals surface area contributed by atoms with Crippen molar-refractivity contribution in [3.05, 3.63) is 30.5 Å². The van der Waals surface area contributed by atoms with Gasteiger partial charge < -0.3 is 10.1 Å². The first-order valence-electron chi connectivity index (χ1n) is 6.53. The van der Waals surface area contributed by atoms with E-state index in [1.807, 2.05) is 13.1 Å². The van der Waals surface area contributed by atoms with Crippen molar-refractivity contribution >= 4 is 0 Å². The van der Waals surface area contributed by atoms with Gasteiger partial charge in [-0.2, -0.15) is 5.10 Å². The van der Waals surface area contributed by atoms with Crippen LogP contribution in [0.25, 0.3) is 0 Å². The third kappa shape index (κ3) is 4.03. The average Bonchev–Trinajstić information content (AvgIpc) is 2.87. The summed E-state index contributed by atoms with van der Waals surface area (Å²) in [5.74, 6) is 1.17. The number of aromatic nitrogens is 4. The Bertz CT molecular complexity index is 511. The molecular weight excluding hydrogens is 242 g/mol. The van der Waals surface area contributed by atoms with Crippen LogP contribution in [0.4, 0.5) is 0 Å². The monoisotopic (exact) mass is 261 g/mol. The Morgan fingerprint density at radius 1 is 1.26 bits per heavy atom. The van der Waals surface area contributed by atoms with Crippen LogP contribution >= 0.6 is 0 Å². The van der Waals surface area contributed by atoms with E-state index in [-0.39, 0.29) is 0 Å². The van der Waals surface area contributed by atoms with Crippen molar-refractivity contribution in [2.24, 2.45) is 0 Å². The molecule has 0 saturated carbocycles. The molecule has 102 valence electrons. The molecule has 0 unspecified atom stereocenters. The van der Waals surface area contributed by atoms with E-state index >= 15 is 0 Å². The number of rotatable bonds is 7. The summed E-state index contributed by atoms with van der Waals surface area (Å²) in [5, 5.41) is 7.43. The zero-order chi connectivity index (χ0) is 13.5. The van der Waals surface area contributed by atoms with Crippen molar-refractivity contribution in [3.8, 4) is 11.6 Å². The SMILES string of the molecule is CCCNCc1cncc(Oc2cnn(CC)c2)n1. The van der Waals surface area contributed by atoms with Crippen LogP contribution in [0.2, 0.25) is 0 Å². The molecule has 0 atom stereocenters. The number of nitrogens with zero attached hydrogens (tertiary/aromatic N) is 4. The van der Waals surface area contributed by atoms with Crippen molar-refractivity contribution in [2.45, 2.75) is 33.4 Å². The fourth-order valence-corrected chi connectivity index (χ4v) is 1.60. The molecule has 2 aromatic heterocycles. The molecule has 2 heterocycles. The highest BCUT2D eigenvalue weighted by Gasteiger charge is 2.03. The molecule has 19 heavy (non-hydrogen) atoms. The molecule has 0 fully saturated rings. The van der Waals surface area contributed by atoms with E-state index in [1.165, 1.54) is 0 Å². The van der Waals surface area contributed by atoms with Gasteiger partial charge in [-0.05, 0) is 19.9 Å². The van der Waals surface area contributed by atoms with Crippen molar-refractivity contribution < 1.29 is 4.74 Å². The normalized spacial score (nSPS) is 10.6. The fraction of sp³-hybridized carbons (Fsp3) is 0.462. The van der Waals surface area contributed by atoms with E-state index in [2.05, 4.69) is 27.3 Å². The van der Waals surface area contributed by atoms with E-state index in [0.717, 1.165) is 25.2 Å². The molecule has 0 saturated heterocycles. The second-order valence-corrected chi connectivity index (χ2v) is 4.16. The summed E-state index contributed by atoms with van der Waals surface area (Å²) < 4.78 is 7.42. The lowest BCUT2D eigenvalue weighted by Gasteiger charge is -2.05. The minimum atomic E-state index is 0.492. The van der Waals surface area contributed by atoms with Crippen LogP contribution in [-0.4, -0.2) is 26.3 Å². The second kappa shape index (κ2) is 6.84. The third-order valence-electron chi connectivity index (χ3n) is 2.55. The molecule has 0 aliphatic rings. The number of hydrogen-bond acceptors (Lipinski definition) is 5. The van der Waals surface area contributed by atoms with E-state index < -0.39 is 0 Å². The Hall–Kier alpha value is -1.95. The molecule has 0 aromatic carbocycles. The summed E-state index contributed by atoms with van der Waals surface area (Å²) >= 11 is 0. The van der Waals surface area contributed by atoms with E-state index in [4.69, 9.17) is 4.74 Å². The van der Waals surface area contributed by atoms with Gasteiger partial charge >= 0.3 is 0 Å². The molecule has 0 radical (unpaired) electrons. The van der Waals surface area contributed by atoms with Crippen molar-refractivity contribution in [3.63, 3.8) is 0 Å². The van der Waals surface area contributed by atoms with Gasteiger partial charge in [-0.3, -0.25) is 9.67 Å². The molecule has 6 heteroatoms. The van der Waals surface area contributed by atoms with Gasteiger partial charge in [0.2, 0.25) is 5.88 Å². The van der Waals surface area contributed by atoms with E-state index in [1.54, 1.807) is 23.3 Å².